The molecule has 0 radical (unpaired) electrons. The molecule has 0 aliphatic heterocycles. The van der Waals surface area contributed by atoms with Crippen LogP contribution in [0.2, 0.25) is 0 Å². The van der Waals surface area contributed by atoms with E-state index in [4.69, 9.17) is 0 Å². The van der Waals surface area contributed by atoms with Crippen LogP contribution in [-0.4, -0.2) is 36.4 Å². The Morgan fingerprint density at radius 2 is 1.48 bits per heavy atom. The monoisotopic (exact) mass is 437 g/mol. The molecule has 3 aromatic rings. The van der Waals surface area contributed by atoms with Gasteiger partial charge in [0.25, 0.3) is 0 Å². The summed E-state index contributed by atoms with van der Waals surface area (Å²) in [6.07, 6.45) is 1.56. The lowest BCUT2D eigenvalue weighted by atomic mass is 9.89. The van der Waals surface area contributed by atoms with E-state index in [0.29, 0.717) is 24.9 Å². The van der Waals surface area contributed by atoms with Gasteiger partial charge >= 0.3 is 0 Å². The lowest BCUT2D eigenvalue weighted by Crippen LogP contribution is -2.29. The van der Waals surface area contributed by atoms with Gasteiger partial charge in [-0.3, -0.25) is 4.79 Å². The molecule has 3 rings (SSSR count). The van der Waals surface area contributed by atoms with Crippen molar-refractivity contribution in [2.24, 2.45) is 5.92 Å². The van der Waals surface area contributed by atoms with Gasteiger partial charge in [-0.25, -0.2) is 0 Å². The van der Waals surface area contributed by atoms with Crippen molar-refractivity contribution < 1.29 is 9.90 Å². The number of carbonyl (C=O) groups is 1. The molecule has 31 heavy (non-hydrogen) atoms. The van der Waals surface area contributed by atoms with Gasteiger partial charge in [0.2, 0.25) is 0 Å². The van der Waals surface area contributed by atoms with Gasteiger partial charge < -0.3 is 10.0 Å². The minimum absolute atomic E-state index is 0. The van der Waals surface area contributed by atoms with Crippen LogP contribution in [-0.2, 0) is 12.8 Å². The highest BCUT2D eigenvalue weighted by Crippen LogP contribution is 2.23. The molecule has 0 amide bonds. The van der Waals surface area contributed by atoms with Gasteiger partial charge in [-0.05, 0) is 56.1 Å². The second-order valence-electron chi connectivity index (χ2n) is 8.18. The predicted octanol–water partition coefficient (Wildman–Crippen LogP) is 5.38. The number of halogens is 1. The summed E-state index contributed by atoms with van der Waals surface area (Å²) in [6, 6.07) is 27.8. The van der Waals surface area contributed by atoms with E-state index in [0.717, 1.165) is 17.5 Å². The second-order valence-corrected chi connectivity index (χ2v) is 8.18. The summed E-state index contributed by atoms with van der Waals surface area (Å²) in [5, 5.41) is 10.7. The first kappa shape index (κ1) is 24.8. The molecule has 1 N–H and O–H groups in total. The highest BCUT2D eigenvalue weighted by Gasteiger charge is 2.22. The number of ketones is 1. The van der Waals surface area contributed by atoms with Gasteiger partial charge in [0, 0.05) is 18.0 Å². The Bertz CT molecular complexity index is 928. The number of rotatable bonds is 10. The fourth-order valence-electron chi connectivity index (χ4n) is 3.83. The summed E-state index contributed by atoms with van der Waals surface area (Å²) in [4.78, 5) is 15.4. The van der Waals surface area contributed by atoms with Crippen LogP contribution in [0.1, 0.15) is 39.6 Å². The van der Waals surface area contributed by atoms with Crippen molar-refractivity contribution in [1.29, 1.82) is 0 Å². The number of aryl methyl sites for hydroxylation is 1. The Balaban J connectivity index is 0.00000341. The predicted molar refractivity (Wildman–Crippen MR) is 130 cm³/mol. The number of hydrogen-bond donors (Lipinski definition) is 1. The fourth-order valence-corrected chi connectivity index (χ4v) is 3.83. The van der Waals surface area contributed by atoms with E-state index in [9.17, 15) is 9.90 Å². The molecular weight excluding hydrogens is 406 g/mol. The van der Waals surface area contributed by atoms with Gasteiger partial charge in [0.15, 0.2) is 5.78 Å². The Hall–Kier alpha value is -2.46. The largest absolute Gasteiger partial charge is 0.388 e. The van der Waals surface area contributed by atoms with Gasteiger partial charge in [0.1, 0.15) is 0 Å². The molecule has 0 aromatic heterocycles. The maximum absolute atomic E-state index is 13.3. The molecule has 3 aromatic carbocycles. The van der Waals surface area contributed by atoms with E-state index in [1.165, 1.54) is 5.56 Å². The second kappa shape index (κ2) is 12.4. The molecule has 0 aliphatic carbocycles. The molecule has 164 valence electrons. The first-order chi connectivity index (χ1) is 14.5. The smallest absolute Gasteiger partial charge is 0.167 e. The van der Waals surface area contributed by atoms with Crippen LogP contribution in [0.3, 0.4) is 0 Å². The standard InChI is InChI=1S/C27H31NO2.ClH/c1-28(2)20-25(18-22-12-7-4-8-13-22)27(30)24-15-9-14-23(19-24)26(29)17-16-21-10-5-3-6-11-21;/h3-15,19,25-26,29H,16-18,20H2,1-2H3;1H/t25-,26?;/m0./s1. The average molecular weight is 438 g/mol. The van der Waals surface area contributed by atoms with E-state index in [2.05, 4.69) is 29.2 Å². The maximum Gasteiger partial charge on any atom is 0.167 e. The molecule has 2 atom stereocenters. The Morgan fingerprint density at radius 1 is 0.871 bits per heavy atom. The van der Waals surface area contributed by atoms with Crippen molar-refractivity contribution in [3.63, 3.8) is 0 Å². The third kappa shape index (κ3) is 7.62. The highest BCUT2D eigenvalue weighted by molar-refractivity contribution is 5.98. The molecule has 1 unspecified atom stereocenters. The zero-order valence-corrected chi connectivity index (χ0v) is 19.1. The lowest BCUT2D eigenvalue weighted by Gasteiger charge is -2.21. The van der Waals surface area contributed by atoms with Gasteiger partial charge in [-0.2, -0.15) is 0 Å². The minimum Gasteiger partial charge on any atom is -0.388 e. The average Bonchev–Trinajstić information content (AvgIpc) is 2.77. The topological polar surface area (TPSA) is 40.5 Å². The molecule has 0 bridgehead atoms. The summed E-state index contributed by atoms with van der Waals surface area (Å²) in [5.41, 5.74) is 3.85. The molecule has 0 spiro atoms. The number of benzene rings is 3. The molecular formula is C27H32ClNO2. The normalized spacial score (nSPS) is 12.8. The van der Waals surface area contributed by atoms with Gasteiger partial charge in [-0.1, -0.05) is 78.9 Å². The highest BCUT2D eigenvalue weighted by atomic mass is 35.5. The van der Waals surface area contributed by atoms with Crippen molar-refractivity contribution >= 4 is 18.2 Å². The third-order valence-corrected chi connectivity index (χ3v) is 5.39. The fraction of sp³-hybridized carbons (Fsp3) is 0.296. The summed E-state index contributed by atoms with van der Waals surface area (Å²) in [5.74, 6) is 0.00349. The van der Waals surface area contributed by atoms with E-state index >= 15 is 0 Å². The Labute approximate surface area is 192 Å². The van der Waals surface area contributed by atoms with Crippen molar-refractivity contribution in [3.05, 3.63) is 107 Å². The lowest BCUT2D eigenvalue weighted by molar-refractivity contribution is 0.0896. The van der Waals surface area contributed by atoms with Crippen molar-refractivity contribution in [1.82, 2.24) is 4.90 Å². The van der Waals surface area contributed by atoms with Crippen molar-refractivity contribution in [2.75, 3.05) is 20.6 Å². The van der Waals surface area contributed by atoms with Crippen LogP contribution in [0.5, 0.6) is 0 Å². The molecule has 4 heteroatoms. The minimum atomic E-state index is -0.584. The van der Waals surface area contributed by atoms with Gasteiger partial charge in [-0.15, -0.1) is 12.4 Å². The Kier molecular flexibility index (Phi) is 9.93. The van der Waals surface area contributed by atoms with E-state index in [-0.39, 0.29) is 24.1 Å². The number of aliphatic hydroxyl groups excluding tert-OH is 1. The zero-order chi connectivity index (χ0) is 21.3. The number of Topliss-reactive ketones (excluding diaryl/α,β-unsaturated/α-hetero) is 1. The molecule has 0 saturated heterocycles. The van der Waals surface area contributed by atoms with E-state index in [1.807, 2.05) is 74.8 Å². The summed E-state index contributed by atoms with van der Waals surface area (Å²) >= 11 is 0. The first-order valence-electron chi connectivity index (χ1n) is 10.6. The van der Waals surface area contributed by atoms with Crippen LogP contribution in [0.15, 0.2) is 84.9 Å². The molecule has 0 fully saturated rings. The number of nitrogens with zero attached hydrogens (tertiary/aromatic N) is 1. The zero-order valence-electron chi connectivity index (χ0n) is 18.3. The quantitative estimate of drug-likeness (QED) is 0.433. The molecule has 3 nitrogen and oxygen atoms in total. The van der Waals surface area contributed by atoms with Gasteiger partial charge in [0.05, 0.1) is 6.10 Å². The van der Waals surface area contributed by atoms with Crippen molar-refractivity contribution in [3.8, 4) is 0 Å². The molecule has 0 saturated carbocycles. The van der Waals surface area contributed by atoms with Crippen molar-refractivity contribution in [2.45, 2.75) is 25.4 Å². The maximum atomic E-state index is 13.3. The SMILES string of the molecule is CN(C)C[C@H](Cc1ccccc1)C(=O)c1cccc(C(O)CCc2ccccc2)c1.Cl. The van der Waals surface area contributed by atoms with Crippen LogP contribution in [0.4, 0.5) is 0 Å². The van der Waals surface area contributed by atoms with Crippen LogP contribution >= 0.6 is 12.4 Å². The summed E-state index contributed by atoms with van der Waals surface area (Å²) < 4.78 is 0. The first-order valence-corrected chi connectivity index (χ1v) is 10.6. The van der Waals surface area contributed by atoms with Crippen LogP contribution in [0, 0.1) is 5.92 Å². The number of carbonyl (C=O) groups excluding carboxylic acids is 1. The Morgan fingerprint density at radius 3 is 2.10 bits per heavy atom. The molecule has 0 aliphatic rings. The summed E-state index contributed by atoms with van der Waals surface area (Å²) in [7, 11) is 3.99. The van der Waals surface area contributed by atoms with Crippen LogP contribution in [0.25, 0.3) is 0 Å². The van der Waals surface area contributed by atoms with E-state index in [1.54, 1.807) is 0 Å². The third-order valence-electron chi connectivity index (χ3n) is 5.39. The number of aliphatic hydroxyl groups is 1. The van der Waals surface area contributed by atoms with Crippen LogP contribution < -0.4 is 0 Å². The molecule has 0 heterocycles. The van der Waals surface area contributed by atoms with E-state index < -0.39 is 6.10 Å². The summed E-state index contributed by atoms with van der Waals surface area (Å²) in [6.45, 7) is 0.689. The number of hydrogen-bond acceptors (Lipinski definition) is 3.